The fraction of sp³-hybridized carbons (Fsp3) is 0.462. The van der Waals surface area contributed by atoms with Gasteiger partial charge >= 0.3 is 0 Å². The van der Waals surface area contributed by atoms with Gasteiger partial charge in [0.15, 0.2) is 0 Å². The van der Waals surface area contributed by atoms with Crippen LogP contribution in [0.1, 0.15) is 24.8 Å². The standard InChI is InChI=1S/C13H19FN2O.ClH/c1-10(11-5-3-6-12(14)9-11)13(17)16-8-4-7-15-2;/h3,5-6,9-10,15H,4,7-8H2,1-2H3,(H,16,17);1H. The van der Waals surface area contributed by atoms with Gasteiger partial charge in [0, 0.05) is 6.54 Å². The quantitative estimate of drug-likeness (QED) is 0.780. The molecule has 0 radical (unpaired) electrons. The number of amides is 1. The monoisotopic (exact) mass is 274 g/mol. The normalized spacial score (nSPS) is 11.5. The van der Waals surface area contributed by atoms with Gasteiger partial charge in [0.1, 0.15) is 5.82 Å². The zero-order chi connectivity index (χ0) is 12.7. The van der Waals surface area contributed by atoms with Crippen molar-refractivity contribution in [3.63, 3.8) is 0 Å². The molecule has 0 heterocycles. The molecular weight excluding hydrogens is 255 g/mol. The van der Waals surface area contributed by atoms with Crippen molar-refractivity contribution in [1.29, 1.82) is 0 Å². The van der Waals surface area contributed by atoms with Crippen LogP contribution < -0.4 is 10.6 Å². The molecule has 3 nitrogen and oxygen atoms in total. The van der Waals surface area contributed by atoms with Gasteiger partial charge in [0.2, 0.25) is 5.91 Å². The first-order valence-electron chi connectivity index (χ1n) is 5.83. The Morgan fingerprint density at radius 3 is 2.72 bits per heavy atom. The molecule has 0 saturated heterocycles. The maximum atomic E-state index is 13.0. The van der Waals surface area contributed by atoms with E-state index in [1.807, 2.05) is 7.05 Å². The maximum absolute atomic E-state index is 13.0. The van der Waals surface area contributed by atoms with Crippen LogP contribution in [-0.2, 0) is 4.79 Å². The molecule has 18 heavy (non-hydrogen) atoms. The molecule has 0 aliphatic heterocycles. The van der Waals surface area contributed by atoms with E-state index in [9.17, 15) is 9.18 Å². The topological polar surface area (TPSA) is 41.1 Å². The van der Waals surface area contributed by atoms with E-state index in [0.717, 1.165) is 13.0 Å². The number of rotatable bonds is 6. The van der Waals surface area contributed by atoms with Crippen LogP contribution in [0, 0.1) is 5.82 Å². The number of halogens is 2. The van der Waals surface area contributed by atoms with E-state index in [0.29, 0.717) is 12.1 Å². The number of hydrogen-bond acceptors (Lipinski definition) is 2. The Morgan fingerprint density at radius 1 is 1.39 bits per heavy atom. The minimum absolute atomic E-state index is 0. The third kappa shape index (κ3) is 5.47. The molecule has 0 spiro atoms. The van der Waals surface area contributed by atoms with Crippen LogP contribution in [-0.4, -0.2) is 26.0 Å². The molecule has 1 amide bonds. The third-order valence-electron chi connectivity index (χ3n) is 2.64. The van der Waals surface area contributed by atoms with Gasteiger partial charge < -0.3 is 10.6 Å². The Bertz CT molecular complexity index is 374. The first-order chi connectivity index (χ1) is 8.15. The molecule has 0 aromatic heterocycles. The van der Waals surface area contributed by atoms with Crippen molar-refractivity contribution in [1.82, 2.24) is 10.6 Å². The third-order valence-corrected chi connectivity index (χ3v) is 2.64. The lowest BCUT2D eigenvalue weighted by atomic mass is 10.0. The average Bonchev–Trinajstić information content (AvgIpc) is 2.33. The van der Waals surface area contributed by atoms with Gasteiger partial charge in [-0.1, -0.05) is 12.1 Å². The summed E-state index contributed by atoms with van der Waals surface area (Å²) in [7, 11) is 1.87. The van der Waals surface area contributed by atoms with Gasteiger partial charge in [-0.05, 0) is 44.6 Å². The second kappa shape index (κ2) is 8.89. The lowest BCUT2D eigenvalue weighted by molar-refractivity contribution is -0.122. The second-order valence-corrected chi connectivity index (χ2v) is 4.02. The molecular formula is C13H20ClFN2O. The lowest BCUT2D eigenvalue weighted by Crippen LogP contribution is -2.30. The van der Waals surface area contributed by atoms with Gasteiger partial charge in [-0.15, -0.1) is 12.4 Å². The van der Waals surface area contributed by atoms with E-state index in [4.69, 9.17) is 0 Å². The van der Waals surface area contributed by atoms with Gasteiger partial charge in [-0.3, -0.25) is 4.79 Å². The number of benzene rings is 1. The molecule has 0 aliphatic carbocycles. The largest absolute Gasteiger partial charge is 0.356 e. The van der Waals surface area contributed by atoms with Crippen molar-refractivity contribution in [3.05, 3.63) is 35.6 Å². The van der Waals surface area contributed by atoms with Crippen molar-refractivity contribution in [3.8, 4) is 0 Å². The zero-order valence-corrected chi connectivity index (χ0v) is 11.5. The van der Waals surface area contributed by atoms with Crippen molar-refractivity contribution < 1.29 is 9.18 Å². The van der Waals surface area contributed by atoms with Crippen molar-refractivity contribution in [2.24, 2.45) is 0 Å². The van der Waals surface area contributed by atoms with Crippen LogP contribution in [0.5, 0.6) is 0 Å². The van der Waals surface area contributed by atoms with E-state index in [2.05, 4.69) is 10.6 Å². The SMILES string of the molecule is CNCCCNC(=O)C(C)c1cccc(F)c1.Cl. The summed E-state index contributed by atoms with van der Waals surface area (Å²) in [6.07, 6.45) is 0.887. The molecule has 1 aromatic carbocycles. The highest BCUT2D eigenvalue weighted by Gasteiger charge is 2.14. The summed E-state index contributed by atoms with van der Waals surface area (Å²) in [5.74, 6) is -0.690. The summed E-state index contributed by atoms with van der Waals surface area (Å²) in [5.41, 5.74) is 0.705. The first kappa shape index (κ1) is 16.9. The van der Waals surface area contributed by atoms with E-state index in [1.54, 1.807) is 19.1 Å². The Balaban J connectivity index is 0.00000289. The Hall–Kier alpha value is -1.13. The van der Waals surface area contributed by atoms with Gasteiger partial charge in [0.05, 0.1) is 5.92 Å². The molecule has 0 saturated carbocycles. The van der Waals surface area contributed by atoms with Crippen LogP contribution in [0.15, 0.2) is 24.3 Å². The van der Waals surface area contributed by atoms with Crippen LogP contribution in [0.2, 0.25) is 0 Å². The molecule has 1 aromatic rings. The molecule has 2 N–H and O–H groups in total. The number of carbonyl (C=O) groups excluding carboxylic acids is 1. The van der Waals surface area contributed by atoms with Crippen LogP contribution in [0.25, 0.3) is 0 Å². The van der Waals surface area contributed by atoms with E-state index < -0.39 is 0 Å². The number of hydrogen-bond donors (Lipinski definition) is 2. The van der Waals surface area contributed by atoms with Crippen LogP contribution in [0.4, 0.5) is 4.39 Å². The Morgan fingerprint density at radius 2 is 2.11 bits per heavy atom. The number of carbonyl (C=O) groups is 1. The Kier molecular flexibility index (Phi) is 8.33. The van der Waals surface area contributed by atoms with Crippen LogP contribution in [0.3, 0.4) is 0 Å². The molecule has 0 fully saturated rings. The minimum Gasteiger partial charge on any atom is -0.356 e. The maximum Gasteiger partial charge on any atom is 0.227 e. The zero-order valence-electron chi connectivity index (χ0n) is 10.7. The molecule has 102 valence electrons. The predicted molar refractivity (Wildman–Crippen MR) is 73.6 cm³/mol. The molecule has 1 rings (SSSR count). The van der Waals surface area contributed by atoms with Crippen molar-refractivity contribution >= 4 is 18.3 Å². The summed E-state index contributed by atoms with van der Waals surface area (Å²) < 4.78 is 13.0. The minimum atomic E-state index is -0.319. The highest BCUT2D eigenvalue weighted by atomic mass is 35.5. The van der Waals surface area contributed by atoms with E-state index in [-0.39, 0.29) is 30.0 Å². The van der Waals surface area contributed by atoms with E-state index >= 15 is 0 Å². The molecule has 0 bridgehead atoms. The molecule has 5 heteroatoms. The average molecular weight is 275 g/mol. The summed E-state index contributed by atoms with van der Waals surface area (Å²) in [6, 6.07) is 6.16. The highest BCUT2D eigenvalue weighted by molar-refractivity contribution is 5.85. The van der Waals surface area contributed by atoms with Gasteiger partial charge in [-0.2, -0.15) is 0 Å². The highest BCUT2D eigenvalue weighted by Crippen LogP contribution is 2.15. The first-order valence-corrected chi connectivity index (χ1v) is 5.83. The Labute approximate surface area is 114 Å². The summed E-state index contributed by atoms with van der Waals surface area (Å²) in [5, 5.41) is 5.84. The van der Waals surface area contributed by atoms with E-state index in [1.165, 1.54) is 12.1 Å². The predicted octanol–water partition coefficient (Wildman–Crippen LogP) is 2.08. The lowest BCUT2D eigenvalue weighted by Gasteiger charge is -2.12. The van der Waals surface area contributed by atoms with Gasteiger partial charge in [0.25, 0.3) is 0 Å². The molecule has 0 aliphatic rings. The smallest absolute Gasteiger partial charge is 0.227 e. The van der Waals surface area contributed by atoms with Crippen molar-refractivity contribution in [2.45, 2.75) is 19.3 Å². The molecule has 1 atom stereocenters. The fourth-order valence-electron chi connectivity index (χ4n) is 1.56. The van der Waals surface area contributed by atoms with Crippen molar-refractivity contribution in [2.75, 3.05) is 20.1 Å². The fourth-order valence-corrected chi connectivity index (χ4v) is 1.56. The number of nitrogens with one attached hydrogen (secondary N) is 2. The summed E-state index contributed by atoms with van der Waals surface area (Å²) in [4.78, 5) is 11.8. The summed E-state index contributed by atoms with van der Waals surface area (Å²) in [6.45, 7) is 3.29. The summed E-state index contributed by atoms with van der Waals surface area (Å²) >= 11 is 0. The second-order valence-electron chi connectivity index (χ2n) is 4.02. The molecule has 1 unspecified atom stereocenters. The van der Waals surface area contributed by atoms with Crippen LogP contribution >= 0.6 is 12.4 Å². The van der Waals surface area contributed by atoms with Gasteiger partial charge in [-0.25, -0.2) is 4.39 Å².